The fourth-order valence-electron chi connectivity index (χ4n) is 3.63. The zero-order chi connectivity index (χ0) is 33.1. The van der Waals surface area contributed by atoms with Crippen molar-refractivity contribution in [3.63, 3.8) is 0 Å². The van der Waals surface area contributed by atoms with Crippen LogP contribution in [0.15, 0.2) is 25.7 Å². The first-order valence-electron chi connectivity index (χ1n) is 16.1. The highest BCUT2D eigenvalue weighted by molar-refractivity contribution is 5.68. The van der Waals surface area contributed by atoms with Crippen molar-refractivity contribution in [2.45, 2.75) is 83.5 Å². The Bertz CT molecular complexity index is 723. The van der Waals surface area contributed by atoms with Crippen molar-refractivity contribution in [2.75, 3.05) is 65.8 Å². The Kier molecular flexibility index (Phi) is 30.2. The SMILES string of the molecule is C=COCCCCOC(=O)NCCCCCCNC(=O)OCCCOC(=O)NCCCCCCNC(=O)OCCCCOC=C. The van der Waals surface area contributed by atoms with Crippen molar-refractivity contribution in [3.8, 4) is 0 Å². The molecule has 0 aromatic rings. The van der Waals surface area contributed by atoms with E-state index in [0.717, 1.165) is 77.0 Å². The summed E-state index contributed by atoms with van der Waals surface area (Å²) < 4.78 is 30.3. The summed E-state index contributed by atoms with van der Waals surface area (Å²) in [6.07, 6.45) is 11.3. The average molecular weight is 645 g/mol. The van der Waals surface area contributed by atoms with E-state index in [2.05, 4.69) is 34.4 Å². The molecule has 45 heavy (non-hydrogen) atoms. The first kappa shape index (κ1) is 41.2. The number of nitrogens with one attached hydrogen (secondary N) is 4. The van der Waals surface area contributed by atoms with Crippen molar-refractivity contribution in [1.29, 1.82) is 0 Å². The third-order valence-electron chi connectivity index (χ3n) is 6.05. The predicted molar refractivity (Wildman–Crippen MR) is 170 cm³/mol. The van der Waals surface area contributed by atoms with Gasteiger partial charge < -0.3 is 49.7 Å². The van der Waals surface area contributed by atoms with Crippen LogP contribution < -0.4 is 21.3 Å². The molecule has 0 aliphatic rings. The van der Waals surface area contributed by atoms with E-state index in [4.69, 9.17) is 28.4 Å². The minimum Gasteiger partial charge on any atom is -0.502 e. The first-order valence-corrected chi connectivity index (χ1v) is 16.1. The lowest BCUT2D eigenvalue weighted by Crippen LogP contribution is -2.27. The number of carbonyl (C=O) groups is 4. The summed E-state index contributed by atoms with van der Waals surface area (Å²) in [6, 6.07) is 0. The second-order valence-electron chi connectivity index (χ2n) is 9.92. The Balaban J connectivity index is 3.39. The molecule has 14 nitrogen and oxygen atoms in total. The molecule has 0 saturated carbocycles. The van der Waals surface area contributed by atoms with Crippen LogP contribution >= 0.6 is 0 Å². The Morgan fingerprint density at radius 1 is 0.378 bits per heavy atom. The molecule has 0 atom stereocenters. The number of hydrogen-bond donors (Lipinski definition) is 4. The standard InChI is InChI=1S/C31H56N4O10/c1-3-40-22-13-15-24-42-28(36)32-18-9-5-7-11-20-34-30(38)44-26-17-27-45-31(39)35-21-12-8-6-10-19-33-29(37)43-25-16-14-23-41-4-2/h3-4H,1-2,5-27H2,(H,32,36)(H,33,37)(H,34,38)(H,35,39). The summed E-state index contributed by atoms with van der Waals surface area (Å²) in [6.45, 7) is 11.1. The van der Waals surface area contributed by atoms with E-state index in [1.54, 1.807) is 0 Å². The van der Waals surface area contributed by atoms with Gasteiger partial charge in [0.25, 0.3) is 0 Å². The Morgan fingerprint density at radius 3 is 0.933 bits per heavy atom. The number of carbonyl (C=O) groups excluding carboxylic acids is 4. The minimum atomic E-state index is -0.502. The fourth-order valence-corrected chi connectivity index (χ4v) is 3.63. The van der Waals surface area contributed by atoms with Crippen LogP contribution in [0.25, 0.3) is 0 Å². The normalized spacial score (nSPS) is 10.1. The maximum Gasteiger partial charge on any atom is 0.407 e. The van der Waals surface area contributed by atoms with Crippen LogP contribution in [0.4, 0.5) is 19.2 Å². The largest absolute Gasteiger partial charge is 0.502 e. The van der Waals surface area contributed by atoms with E-state index in [1.807, 2.05) is 0 Å². The molecule has 0 fully saturated rings. The molecule has 0 bridgehead atoms. The van der Waals surface area contributed by atoms with Crippen molar-refractivity contribution in [2.24, 2.45) is 0 Å². The minimum absolute atomic E-state index is 0.149. The summed E-state index contributed by atoms with van der Waals surface area (Å²) in [5, 5.41) is 10.8. The topological polar surface area (TPSA) is 172 Å². The highest BCUT2D eigenvalue weighted by Gasteiger charge is 2.05. The van der Waals surface area contributed by atoms with Gasteiger partial charge in [0.15, 0.2) is 0 Å². The number of alkyl carbamates (subject to hydrolysis) is 4. The van der Waals surface area contributed by atoms with Crippen LogP contribution in [0.5, 0.6) is 0 Å². The molecule has 0 spiro atoms. The van der Waals surface area contributed by atoms with Gasteiger partial charge in [-0.15, -0.1) is 0 Å². The van der Waals surface area contributed by atoms with E-state index in [1.165, 1.54) is 12.5 Å². The van der Waals surface area contributed by atoms with Gasteiger partial charge in [0, 0.05) is 32.6 Å². The quantitative estimate of drug-likeness (QED) is 0.0458. The molecule has 0 aliphatic carbocycles. The van der Waals surface area contributed by atoms with Gasteiger partial charge in [-0.25, -0.2) is 19.2 Å². The maximum absolute atomic E-state index is 11.7. The van der Waals surface area contributed by atoms with Crippen molar-refractivity contribution >= 4 is 24.4 Å². The first-order chi connectivity index (χ1) is 22.0. The van der Waals surface area contributed by atoms with Gasteiger partial charge in [0.1, 0.15) is 0 Å². The number of ether oxygens (including phenoxy) is 6. The van der Waals surface area contributed by atoms with Crippen LogP contribution in [0.1, 0.15) is 83.5 Å². The lowest BCUT2D eigenvalue weighted by atomic mass is 10.2. The summed E-state index contributed by atoms with van der Waals surface area (Å²) in [5.41, 5.74) is 0. The third kappa shape index (κ3) is 32.9. The summed E-state index contributed by atoms with van der Waals surface area (Å²) >= 11 is 0. The molecule has 0 aromatic heterocycles. The summed E-state index contributed by atoms with van der Waals surface area (Å²) in [4.78, 5) is 46.6. The number of rotatable bonds is 30. The predicted octanol–water partition coefficient (Wildman–Crippen LogP) is 5.28. The van der Waals surface area contributed by atoms with Gasteiger partial charge in [0.05, 0.1) is 52.2 Å². The second-order valence-corrected chi connectivity index (χ2v) is 9.92. The highest BCUT2D eigenvalue weighted by Crippen LogP contribution is 2.00. The van der Waals surface area contributed by atoms with E-state index in [-0.39, 0.29) is 13.2 Å². The smallest absolute Gasteiger partial charge is 0.407 e. The number of amides is 4. The Morgan fingerprint density at radius 2 is 0.644 bits per heavy atom. The van der Waals surface area contributed by atoms with Gasteiger partial charge in [-0.05, 0) is 51.4 Å². The molecule has 0 radical (unpaired) electrons. The van der Waals surface area contributed by atoms with Gasteiger partial charge in [-0.3, -0.25) is 0 Å². The molecular formula is C31H56N4O10. The molecule has 4 amide bonds. The van der Waals surface area contributed by atoms with Crippen molar-refractivity contribution < 1.29 is 47.6 Å². The van der Waals surface area contributed by atoms with Gasteiger partial charge >= 0.3 is 24.4 Å². The highest BCUT2D eigenvalue weighted by atomic mass is 16.6. The number of unbranched alkanes of at least 4 members (excludes halogenated alkanes) is 8. The fraction of sp³-hybridized carbons (Fsp3) is 0.742. The molecule has 0 aromatic carbocycles. The Labute approximate surface area is 268 Å². The van der Waals surface area contributed by atoms with Crippen LogP contribution in [0, 0.1) is 0 Å². The summed E-state index contributed by atoms with van der Waals surface area (Å²) in [5.74, 6) is 0. The molecule has 0 saturated heterocycles. The lowest BCUT2D eigenvalue weighted by molar-refractivity contribution is 0.118. The van der Waals surface area contributed by atoms with Gasteiger partial charge in [0.2, 0.25) is 0 Å². The molecule has 0 rings (SSSR count). The molecule has 14 heteroatoms. The van der Waals surface area contributed by atoms with Crippen molar-refractivity contribution in [1.82, 2.24) is 21.3 Å². The van der Waals surface area contributed by atoms with Crippen LogP contribution in [-0.4, -0.2) is 90.2 Å². The number of hydrogen-bond acceptors (Lipinski definition) is 10. The average Bonchev–Trinajstić information content (AvgIpc) is 3.02. The molecular weight excluding hydrogens is 588 g/mol. The maximum atomic E-state index is 11.7. The van der Waals surface area contributed by atoms with Crippen LogP contribution in [0.3, 0.4) is 0 Å². The third-order valence-corrected chi connectivity index (χ3v) is 6.05. The molecule has 0 aliphatic heterocycles. The molecule has 4 N–H and O–H groups in total. The lowest BCUT2D eigenvalue weighted by Gasteiger charge is -2.09. The van der Waals surface area contributed by atoms with E-state index < -0.39 is 24.4 Å². The molecule has 0 unspecified atom stereocenters. The van der Waals surface area contributed by atoms with Crippen LogP contribution in [-0.2, 0) is 28.4 Å². The molecule has 0 heterocycles. The monoisotopic (exact) mass is 644 g/mol. The summed E-state index contributed by atoms with van der Waals surface area (Å²) in [7, 11) is 0. The van der Waals surface area contributed by atoms with E-state index >= 15 is 0 Å². The van der Waals surface area contributed by atoms with Crippen molar-refractivity contribution in [3.05, 3.63) is 25.7 Å². The second kappa shape index (κ2) is 33.1. The van der Waals surface area contributed by atoms with E-state index in [0.29, 0.717) is 59.0 Å². The van der Waals surface area contributed by atoms with Crippen LogP contribution in [0.2, 0.25) is 0 Å². The zero-order valence-electron chi connectivity index (χ0n) is 26.9. The van der Waals surface area contributed by atoms with E-state index in [9.17, 15) is 19.2 Å². The zero-order valence-corrected chi connectivity index (χ0v) is 26.9. The Hall–Kier alpha value is -3.84. The van der Waals surface area contributed by atoms with Gasteiger partial charge in [-0.1, -0.05) is 38.8 Å². The molecule has 260 valence electrons. The van der Waals surface area contributed by atoms with Gasteiger partial charge in [-0.2, -0.15) is 0 Å².